The third kappa shape index (κ3) is 3.88. The molecule has 164 valence electrons. The van der Waals surface area contributed by atoms with Gasteiger partial charge < -0.3 is 19.1 Å². The molecule has 1 amide bonds. The third-order valence-corrected chi connectivity index (χ3v) is 5.48. The number of benzene rings is 1. The Bertz CT molecular complexity index is 953. The number of nitrogens with zero attached hydrogens (tertiary/aromatic N) is 4. The van der Waals surface area contributed by atoms with Crippen molar-refractivity contribution >= 4 is 5.91 Å². The van der Waals surface area contributed by atoms with Crippen LogP contribution in [0.25, 0.3) is 0 Å². The molecule has 1 fully saturated rings. The van der Waals surface area contributed by atoms with Crippen LogP contribution in [0.4, 0.5) is 0 Å². The Morgan fingerprint density at radius 3 is 2.30 bits per heavy atom. The highest BCUT2D eigenvalue weighted by atomic mass is 16.5. The predicted molar refractivity (Wildman–Crippen MR) is 112 cm³/mol. The maximum atomic E-state index is 13.3. The monoisotopic (exact) mass is 418 g/mol. The summed E-state index contributed by atoms with van der Waals surface area (Å²) in [7, 11) is 6.23. The topological polar surface area (TPSA) is 87.8 Å². The molecule has 30 heavy (non-hydrogen) atoms. The molecule has 9 heteroatoms. The Balaban J connectivity index is 1.90. The predicted octanol–water partition coefficient (Wildman–Crippen LogP) is 2.21. The molecule has 1 unspecified atom stereocenters. The van der Waals surface area contributed by atoms with Crippen molar-refractivity contribution in [3.63, 3.8) is 0 Å². The van der Waals surface area contributed by atoms with Gasteiger partial charge in [0.15, 0.2) is 11.5 Å². The molecule has 1 aliphatic heterocycles. The van der Waals surface area contributed by atoms with Crippen LogP contribution in [-0.4, -0.2) is 59.6 Å². The van der Waals surface area contributed by atoms with Crippen LogP contribution in [0.2, 0.25) is 0 Å². The first-order valence-corrected chi connectivity index (χ1v) is 10.1. The van der Waals surface area contributed by atoms with Crippen molar-refractivity contribution < 1.29 is 19.0 Å². The summed E-state index contributed by atoms with van der Waals surface area (Å²) in [6.07, 6.45) is 1.71. The highest BCUT2D eigenvalue weighted by Crippen LogP contribution is 2.39. The van der Waals surface area contributed by atoms with E-state index in [1.54, 1.807) is 28.6 Å². The summed E-state index contributed by atoms with van der Waals surface area (Å²) in [5.74, 6) is 1.94. The second-order valence-corrected chi connectivity index (χ2v) is 7.73. The summed E-state index contributed by atoms with van der Waals surface area (Å²) in [6.45, 7) is 5.08. The number of ether oxygens (including phenoxy) is 3. The average Bonchev–Trinajstić information content (AvgIpc) is 3.06. The SMILES string of the molecule is COc1cc(C(=O)N2CCCC(c3nn(C)c(=O)n3C(C)C)C2)cc(OC)c1OC. The molecule has 1 aliphatic rings. The van der Waals surface area contributed by atoms with Crippen LogP contribution in [-0.2, 0) is 7.05 Å². The first-order valence-electron chi connectivity index (χ1n) is 10.1. The van der Waals surface area contributed by atoms with Crippen molar-refractivity contribution in [1.82, 2.24) is 19.2 Å². The summed E-state index contributed by atoms with van der Waals surface area (Å²) in [5.41, 5.74) is 0.334. The van der Waals surface area contributed by atoms with Gasteiger partial charge in [-0.2, -0.15) is 5.10 Å². The highest BCUT2D eigenvalue weighted by Gasteiger charge is 2.31. The third-order valence-electron chi connectivity index (χ3n) is 5.48. The zero-order chi connectivity index (χ0) is 22.0. The Morgan fingerprint density at radius 1 is 1.13 bits per heavy atom. The van der Waals surface area contributed by atoms with Crippen LogP contribution in [0.15, 0.2) is 16.9 Å². The van der Waals surface area contributed by atoms with Gasteiger partial charge in [0.1, 0.15) is 5.82 Å². The number of rotatable bonds is 6. The smallest absolute Gasteiger partial charge is 0.345 e. The molecule has 0 radical (unpaired) electrons. The van der Waals surface area contributed by atoms with Gasteiger partial charge in [0.2, 0.25) is 5.75 Å². The van der Waals surface area contributed by atoms with E-state index in [9.17, 15) is 9.59 Å². The molecule has 1 saturated heterocycles. The van der Waals surface area contributed by atoms with Gasteiger partial charge in [0.05, 0.1) is 21.3 Å². The number of carbonyl (C=O) groups is 1. The Hall–Kier alpha value is -2.97. The molecule has 0 aliphatic carbocycles. The van der Waals surface area contributed by atoms with Crippen molar-refractivity contribution in [3.8, 4) is 17.2 Å². The average molecular weight is 418 g/mol. The number of piperidine rings is 1. The van der Waals surface area contributed by atoms with E-state index in [0.717, 1.165) is 18.7 Å². The molecular weight excluding hydrogens is 388 g/mol. The molecule has 1 aromatic carbocycles. The largest absolute Gasteiger partial charge is 0.493 e. The highest BCUT2D eigenvalue weighted by molar-refractivity contribution is 5.95. The number of carbonyl (C=O) groups excluding carboxylic acids is 1. The van der Waals surface area contributed by atoms with Gasteiger partial charge in [-0.1, -0.05) is 0 Å². The van der Waals surface area contributed by atoms with Gasteiger partial charge in [0, 0.05) is 37.7 Å². The zero-order valence-corrected chi connectivity index (χ0v) is 18.5. The molecule has 0 spiro atoms. The van der Waals surface area contributed by atoms with Crippen molar-refractivity contribution in [2.75, 3.05) is 34.4 Å². The molecular formula is C21H30N4O5. The molecule has 0 N–H and O–H groups in total. The van der Waals surface area contributed by atoms with Gasteiger partial charge >= 0.3 is 5.69 Å². The summed E-state index contributed by atoms with van der Waals surface area (Å²) in [5, 5.41) is 4.47. The fourth-order valence-corrected chi connectivity index (χ4v) is 4.02. The van der Waals surface area contributed by atoms with E-state index in [-0.39, 0.29) is 23.6 Å². The number of hydrogen-bond acceptors (Lipinski definition) is 6. The Labute approximate surface area is 176 Å². The van der Waals surface area contributed by atoms with Crippen LogP contribution in [0, 0.1) is 0 Å². The molecule has 1 atom stereocenters. The van der Waals surface area contributed by atoms with E-state index in [1.807, 2.05) is 13.8 Å². The van der Waals surface area contributed by atoms with Crippen LogP contribution in [0.1, 0.15) is 54.8 Å². The number of likely N-dealkylation sites (tertiary alicyclic amines) is 1. The number of hydrogen-bond donors (Lipinski definition) is 0. The van der Waals surface area contributed by atoms with Crippen molar-refractivity contribution in [2.24, 2.45) is 7.05 Å². The van der Waals surface area contributed by atoms with Crippen LogP contribution < -0.4 is 19.9 Å². The summed E-state index contributed by atoms with van der Waals surface area (Å²) >= 11 is 0. The van der Waals surface area contributed by atoms with Gasteiger partial charge in [-0.05, 0) is 38.8 Å². The molecule has 2 heterocycles. The molecule has 9 nitrogen and oxygen atoms in total. The van der Waals surface area contributed by atoms with Gasteiger partial charge in [-0.3, -0.25) is 9.36 Å². The van der Waals surface area contributed by atoms with Crippen LogP contribution in [0.3, 0.4) is 0 Å². The van der Waals surface area contributed by atoms with Gasteiger partial charge in [0.25, 0.3) is 5.91 Å². The van der Waals surface area contributed by atoms with E-state index >= 15 is 0 Å². The van der Waals surface area contributed by atoms with Gasteiger partial charge in [-0.15, -0.1) is 0 Å². The first kappa shape index (κ1) is 21.7. The molecule has 2 aromatic rings. The van der Waals surface area contributed by atoms with E-state index in [4.69, 9.17) is 14.2 Å². The summed E-state index contributed by atoms with van der Waals surface area (Å²) < 4.78 is 19.2. The lowest BCUT2D eigenvalue weighted by Gasteiger charge is -2.33. The second kappa shape index (κ2) is 8.81. The number of amides is 1. The minimum atomic E-state index is -0.131. The molecule has 0 saturated carbocycles. The van der Waals surface area contributed by atoms with E-state index < -0.39 is 0 Å². The van der Waals surface area contributed by atoms with E-state index in [2.05, 4.69) is 5.10 Å². The van der Waals surface area contributed by atoms with Crippen molar-refractivity contribution in [1.29, 1.82) is 0 Å². The number of aromatic nitrogens is 3. The first-order chi connectivity index (χ1) is 14.3. The maximum absolute atomic E-state index is 13.3. The molecule has 0 bridgehead atoms. The second-order valence-electron chi connectivity index (χ2n) is 7.73. The number of aryl methyl sites for hydroxylation is 1. The summed E-state index contributed by atoms with van der Waals surface area (Å²) in [6, 6.07) is 3.33. The van der Waals surface area contributed by atoms with Crippen molar-refractivity contribution in [3.05, 3.63) is 34.0 Å². The zero-order valence-electron chi connectivity index (χ0n) is 18.5. The minimum absolute atomic E-state index is 0.000962. The van der Waals surface area contributed by atoms with E-state index in [0.29, 0.717) is 35.9 Å². The maximum Gasteiger partial charge on any atom is 0.345 e. The fraction of sp³-hybridized carbons (Fsp3) is 0.571. The lowest BCUT2D eigenvalue weighted by Crippen LogP contribution is -2.40. The lowest BCUT2D eigenvalue weighted by molar-refractivity contribution is 0.0702. The lowest BCUT2D eigenvalue weighted by atomic mass is 9.96. The normalized spacial score (nSPS) is 16.6. The van der Waals surface area contributed by atoms with Crippen LogP contribution >= 0.6 is 0 Å². The van der Waals surface area contributed by atoms with Gasteiger partial charge in [-0.25, -0.2) is 9.48 Å². The van der Waals surface area contributed by atoms with E-state index in [1.165, 1.54) is 26.0 Å². The Morgan fingerprint density at radius 2 is 1.77 bits per heavy atom. The number of methoxy groups -OCH3 is 3. The standard InChI is InChI=1S/C21H30N4O5/c1-13(2)25-19(22-23(3)21(25)27)14-8-7-9-24(12-14)20(26)15-10-16(28-4)18(30-6)17(11-15)29-5/h10-11,13-14H,7-9,12H2,1-6H3. The quantitative estimate of drug-likeness (QED) is 0.715. The van der Waals surface area contributed by atoms with Crippen molar-refractivity contribution in [2.45, 2.75) is 38.6 Å². The van der Waals surface area contributed by atoms with Crippen LogP contribution in [0.5, 0.6) is 17.2 Å². The Kier molecular flexibility index (Phi) is 6.38. The molecule has 1 aromatic heterocycles. The fourth-order valence-electron chi connectivity index (χ4n) is 4.02. The molecule has 3 rings (SSSR count). The minimum Gasteiger partial charge on any atom is -0.493 e. The summed E-state index contributed by atoms with van der Waals surface area (Å²) in [4.78, 5) is 27.5.